The maximum atomic E-state index is 5.93. The minimum atomic E-state index is 0.0806. The van der Waals surface area contributed by atoms with E-state index < -0.39 is 0 Å². The predicted octanol–water partition coefficient (Wildman–Crippen LogP) is 1.69. The fourth-order valence-electron chi connectivity index (χ4n) is 2.54. The summed E-state index contributed by atoms with van der Waals surface area (Å²) in [5.74, 6) is 1.58. The molecular weight excluding hydrogens is 254 g/mol. The highest BCUT2D eigenvalue weighted by Gasteiger charge is 2.17. The number of methoxy groups -OCH3 is 2. The topological polar surface area (TPSA) is 59.8 Å². The van der Waals surface area contributed by atoms with E-state index in [0.717, 1.165) is 30.2 Å². The molecule has 1 aliphatic rings. The molecule has 1 aromatic rings. The van der Waals surface area contributed by atoms with E-state index in [2.05, 4.69) is 10.4 Å². The highest BCUT2D eigenvalue weighted by molar-refractivity contribution is 5.39. The maximum Gasteiger partial charge on any atom is 0.122 e. The molecule has 0 aliphatic carbocycles. The van der Waals surface area contributed by atoms with Gasteiger partial charge in [0.15, 0.2) is 0 Å². The molecule has 5 nitrogen and oxygen atoms in total. The highest BCUT2D eigenvalue weighted by atomic mass is 16.5. The number of hydrogen-bond donors (Lipinski definition) is 2. The summed E-state index contributed by atoms with van der Waals surface area (Å²) in [4.78, 5) is 0. The lowest BCUT2D eigenvalue weighted by Gasteiger charge is -2.31. The molecule has 1 fully saturated rings. The number of nitrogens with zero attached hydrogens (tertiary/aromatic N) is 1. The fourth-order valence-corrected chi connectivity index (χ4v) is 2.54. The first-order valence-corrected chi connectivity index (χ1v) is 7.21. The molecule has 0 radical (unpaired) electrons. The zero-order chi connectivity index (χ0) is 14.4. The van der Waals surface area contributed by atoms with Crippen molar-refractivity contribution in [1.29, 1.82) is 0 Å². The Morgan fingerprint density at radius 2 is 1.70 bits per heavy atom. The van der Waals surface area contributed by atoms with Gasteiger partial charge in [-0.1, -0.05) is 6.42 Å². The Labute approximate surface area is 121 Å². The van der Waals surface area contributed by atoms with Crippen LogP contribution < -0.4 is 20.6 Å². The van der Waals surface area contributed by atoms with Crippen LogP contribution in [0.3, 0.4) is 0 Å². The summed E-state index contributed by atoms with van der Waals surface area (Å²) in [7, 11) is 3.32. The van der Waals surface area contributed by atoms with E-state index in [0.29, 0.717) is 6.54 Å². The third kappa shape index (κ3) is 3.85. The number of ether oxygens (including phenoxy) is 2. The van der Waals surface area contributed by atoms with Crippen molar-refractivity contribution in [3.63, 3.8) is 0 Å². The van der Waals surface area contributed by atoms with E-state index in [-0.39, 0.29) is 6.04 Å². The molecule has 112 valence electrons. The first-order valence-electron chi connectivity index (χ1n) is 7.21. The second-order valence-electron chi connectivity index (χ2n) is 5.11. The van der Waals surface area contributed by atoms with Crippen molar-refractivity contribution < 1.29 is 9.47 Å². The van der Waals surface area contributed by atoms with E-state index in [1.54, 1.807) is 14.2 Å². The summed E-state index contributed by atoms with van der Waals surface area (Å²) in [6.07, 6.45) is 3.80. The van der Waals surface area contributed by atoms with Crippen LogP contribution in [0.1, 0.15) is 30.9 Å². The second kappa shape index (κ2) is 7.47. The van der Waals surface area contributed by atoms with Gasteiger partial charge < -0.3 is 15.2 Å². The molecule has 0 aromatic heterocycles. The molecule has 0 spiro atoms. The molecule has 20 heavy (non-hydrogen) atoms. The third-order valence-electron chi connectivity index (χ3n) is 3.71. The van der Waals surface area contributed by atoms with Gasteiger partial charge in [0.25, 0.3) is 0 Å². The van der Waals surface area contributed by atoms with Gasteiger partial charge in [0.05, 0.1) is 20.3 Å². The molecule has 1 atom stereocenters. The molecule has 1 aliphatic heterocycles. The second-order valence-corrected chi connectivity index (χ2v) is 5.11. The van der Waals surface area contributed by atoms with Gasteiger partial charge >= 0.3 is 0 Å². The number of hydrogen-bond acceptors (Lipinski definition) is 5. The van der Waals surface area contributed by atoms with Crippen molar-refractivity contribution >= 4 is 0 Å². The average molecular weight is 279 g/mol. The molecule has 5 heteroatoms. The Morgan fingerprint density at radius 1 is 1.10 bits per heavy atom. The summed E-state index contributed by atoms with van der Waals surface area (Å²) < 4.78 is 10.6. The van der Waals surface area contributed by atoms with Crippen molar-refractivity contribution in [2.75, 3.05) is 33.9 Å². The van der Waals surface area contributed by atoms with Crippen LogP contribution in [-0.2, 0) is 0 Å². The lowest BCUT2D eigenvalue weighted by atomic mass is 10.1. The lowest BCUT2D eigenvalue weighted by molar-refractivity contribution is 0.130. The van der Waals surface area contributed by atoms with Crippen LogP contribution in [-0.4, -0.2) is 38.9 Å². The van der Waals surface area contributed by atoms with Crippen molar-refractivity contribution in [2.24, 2.45) is 5.73 Å². The first-order chi connectivity index (χ1) is 9.76. The van der Waals surface area contributed by atoms with E-state index in [1.165, 1.54) is 19.3 Å². The zero-order valence-electron chi connectivity index (χ0n) is 12.4. The Hall–Kier alpha value is -1.30. The number of rotatable bonds is 6. The number of hydrazine groups is 1. The SMILES string of the molecule is COc1cc(OC)cc(C(CN)NN2CCCCC2)c1. The molecular formula is C15H25N3O2. The molecule has 0 bridgehead atoms. The number of benzene rings is 1. The molecule has 0 amide bonds. The quantitative estimate of drug-likeness (QED) is 0.830. The summed E-state index contributed by atoms with van der Waals surface area (Å²) in [5, 5.41) is 2.27. The molecule has 1 saturated heterocycles. The van der Waals surface area contributed by atoms with Gasteiger partial charge in [-0.05, 0) is 30.5 Å². The summed E-state index contributed by atoms with van der Waals surface area (Å²) in [5.41, 5.74) is 10.5. The Balaban J connectivity index is 2.12. The monoisotopic (exact) mass is 279 g/mol. The van der Waals surface area contributed by atoms with Gasteiger partial charge in [-0.25, -0.2) is 10.4 Å². The Bertz CT molecular complexity index is 397. The van der Waals surface area contributed by atoms with Gasteiger partial charge in [-0.2, -0.15) is 0 Å². The molecule has 1 aromatic carbocycles. The molecule has 3 N–H and O–H groups in total. The molecule has 0 saturated carbocycles. The van der Waals surface area contributed by atoms with Crippen LogP contribution in [0, 0.1) is 0 Å². The average Bonchev–Trinajstić information content (AvgIpc) is 2.53. The number of nitrogens with one attached hydrogen (secondary N) is 1. The van der Waals surface area contributed by atoms with E-state index in [4.69, 9.17) is 15.2 Å². The van der Waals surface area contributed by atoms with E-state index in [1.807, 2.05) is 18.2 Å². The van der Waals surface area contributed by atoms with Gasteiger partial charge in [0.2, 0.25) is 0 Å². The van der Waals surface area contributed by atoms with Gasteiger partial charge in [-0.3, -0.25) is 0 Å². The number of nitrogens with two attached hydrogens (primary N) is 1. The van der Waals surface area contributed by atoms with Crippen LogP contribution in [0.25, 0.3) is 0 Å². The first kappa shape index (κ1) is 15.1. The van der Waals surface area contributed by atoms with Crippen LogP contribution >= 0.6 is 0 Å². The van der Waals surface area contributed by atoms with Crippen LogP contribution in [0.15, 0.2) is 18.2 Å². The Morgan fingerprint density at radius 3 is 2.20 bits per heavy atom. The molecule has 1 unspecified atom stereocenters. The van der Waals surface area contributed by atoms with Crippen molar-refractivity contribution in [3.05, 3.63) is 23.8 Å². The van der Waals surface area contributed by atoms with Gasteiger partial charge in [-0.15, -0.1) is 0 Å². The van der Waals surface area contributed by atoms with E-state index in [9.17, 15) is 0 Å². The van der Waals surface area contributed by atoms with E-state index >= 15 is 0 Å². The van der Waals surface area contributed by atoms with Crippen LogP contribution in [0.2, 0.25) is 0 Å². The van der Waals surface area contributed by atoms with Crippen molar-refractivity contribution in [3.8, 4) is 11.5 Å². The maximum absolute atomic E-state index is 5.93. The Kier molecular flexibility index (Phi) is 5.64. The summed E-state index contributed by atoms with van der Waals surface area (Å²) in [6, 6.07) is 5.98. The zero-order valence-corrected chi connectivity index (χ0v) is 12.4. The third-order valence-corrected chi connectivity index (χ3v) is 3.71. The van der Waals surface area contributed by atoms with Crippen molar-refractivity contribution in [2.45, 2.75) is 25.3 Å². The van der Waals surface area contributed by atoms with Crippen LogP contribution in [0.4, 0.5) is 0 Å². The smallest absolute Gasteiger partial charge is 0.122 e. The minimum Gasteiger partial charge on any atom is -0.497 e. The summed E-state index contributed by atoms with van der Waals surface area (Å²) in [6.45, 7) is 2.70. The fraction of sp³-hybridized carbons (Fsp3) is 0.600. The van der Waals surface area contributed by atoms with Gasteiger partial charge in [0.1, 0.15) is 11.5 Å². The van der Waals surface area contributed by atoms with Crippen molar-refractivity contribution in [1.82, 2.24) is 10.4 Å². The number of piperidine rings is 1. The normalized spacial score (nSPS) is 17.8. The lowest BCUT2D eigenvalue weighted by Crippen LogP contribution is -2.45. The summed E-state index contributed by atoms with van der Waals surface area (Å²) >= 11 is 0. The highest BCUT2D eigenvalue weighted by Crippen LogP contribution is 2.26. The van der Waals surface area contributed by atoms with Gasteiger partial charge in [0, 0.05) is 25.7 Å². The predicted molar refractivity (Wildman–Crippen MR) is 79.9 cm³/mol. The molecule has 1 heterocycles. The van der Waals surface area contributed by atoms with Crippen LogP contribution in [0.5, 0.6) is 11.5 Å². The molecule has 2 rings (SSSR count). The largest absolute Gasteiger partial charge is 0.497 e. The standard InChI is InChI=1S/C15H25N3O2/c1-19-13-8-12(9-14(10-13)20-2)15(11-16)17-18-6-4-3-5-7-18/h8-10,15,17H,3-7,11,16H2,1-2H3. The minimum absolute atomic E-state index is 0.0806.